The van der Waals surface area contributed by atoms with Gasteiger partial charge in [0.25, 0.3) is 0 Å². The highest BCUT2D eigenvalue weighted by atomic mass is 32.1. The summed E-state index contributed by atoms with van der Waals surface area (Å²) in [6, 6.07) is 5.27. The molecule has 0 aromatic heterocycles. The van der Waals surface area contributed by atoms with E-state index in [0.717, 1.165) is 24.0 Å². The average molecular weight is 249 g/mol. The van der Waals surface area contributed by atoms with Crippen LogP contribution in [0.2, 0.25) is 0 Å². The van der Waals surface area contributed by atoms with Crippen LogP contribution in [0.15, 0.2) is 18.2 Å². The summed E-state index contributed by atoms with van der Waals surface area (Å²) >= 11 is 5.31. The highest BCUT2D eigenvalue weighted by molar-refractivity contribution is 7.80. The molecule has 0 atom stereocenters. The van der Waals surface area contributed by atoms with Crippen molar-refractivity contribution in [2.24, 2.45) is 0 Å². The van der Waals surface area contributed by atoms with E-state index in [9.17, 15) is 5.11 Å². The number of phenols is 1. The fourth-order valence-corrected chi connectivity index (χ4v) is 1.72. The van der Waals surface area contributed by atoms with E-state index in [1.165, 1.54) is 0 Å². The van der Waals surface area contributed by atoms with Gasteiger partial charge >= 0.3 is 6.19 Å². The third-order valence-corrected chi connectivity index (χ3v) is 3.30. The van der Waals surface area contributed by atoms with Gasteiger partial charge in [0.2, 0.25) is 4.99 Å². The number of hydrogen-bond acceptors (Lipinski definition) is 3. The van der Waals surface area contributed by atoms with Crippen molar-refractivity contribution in [2.75, 3.05) is 14.1 Å². The lowest BCUT2D eigenvalue weighted by Crippen LogP contribution is -2.39. The van der Waals surface area contributed by atoms with E-state index in [-0.39, 0.29) is 4.48 Å². The van der Waals surface area contributed by atoms with Gasteiger partial charge in [0.1, 0.15) is 5.75 Å². The molecule has 0 unspecified atom stereocenters. The number of phenolic OH excluding ortho intramolecular Hbond substituents is 1. The smallest absolute Gasteiger partial charge is 0.314 e. The number of quaternary nitrogens is 1. The van der Waals surface area contributed by atoms with Crippen LogP contribution in [0.4, 0.5) is 0 Å². The largest absolute Gasteiger partial charge is 0.508 e. The SMILES string of the molecule is CCCc1cc(C(=S)[N+](C)(C)C#N)ccc1O. The molecule has 1 N–H and O–H groups in total. The molecule has 0 saturated carbocycles. The molecule has 0 saturated heterocycles. The van der Waals surface area contributed by atoms with Crippen LogP contribution in [0.5, 0.6) is 5.75 Å². The lowest BCUT2D eigenvalue weighted by molar-refractivity contribution is -0.723. The van der Waals surface area contributed by atoms with Gasteiger partial charge in [0, 0.05) is 5.56 Å². The van der Waals surface area contributed by atoms with Crippen LogP contribution < -0.4 is 0 Å². The number of benzene rings is 1. The maximum absolute atomic E-state index is 9.69. The molecule has 0 fully saturated rings. The van der Waals surface area contributed by atoms with E-state index in [1.807, 2.05) is 6.07 Å². The number of rotatable bonds is 3. The Hall–Kier alpha value is -1.44. The second kappa shape index (κ2) is 5.26. The van der Waals surface area contributed by atoms with Gasteiger partial charge in [-0.1, -0.05) is 13.3 Å². The molecule has 90 valence electrons. The first-order valence-corrected chi connectivity index (χ1v) is 5.95. The van der Waals surface area contributed by atoms with Crippen molar-refractivity contribution in [2.45, 2.75) is 19.8 Å². The second-order valence-electron chi connectivity index (χ2n) is 4.45. The third-order valence-electron chi connectivity index (χ3n) is 2.60. The minimum atomic E-state index is 0.00563. The molecule has 1 aromatic carbocycles. The molecular weight excluding hydrogens is 232 g/mol. The third kappa shape index (κ3) is 3.02. The van der Waals surface area contributed by atoms with Crippen molar-refractivity contribution >= 4 is 17.2 Å². The molecule has 0 aliphatic heterocycles. The molecule has 0 aliphatic carbocycles. The molecule has 0 spiro atoms. The highest BCUT2D eigenvalue weighted by Crippen LogP contribution is 2.22. The second-order valence-corrected chi connectivity index (χ2v) is 4.84. The van der Waals surface area contributed by atoms with Crippen LogP contribution in [-0.4, -0.2) is 28.7 Å². The maximum atomic E-state index is 9.69. The van der Waals surface area contributed by atoms with Gasteiger partial charge in [0.05, 0.1) is 14.1 Å². The van der Waals surface area contributed by atoms with Crippen molar-refractivity contribution in [3.05, 3.63) is 29.3 Å². The monoisotopic (exact) mass is 249 g/mol. The van der Waals surface area contributed by atoms with Crippen LogP contribution >= 0.6 is 12.2 Å². The van der Waals surface area contributed by atoms with E-state index < -0.39 is 0 Å². The number of nitrogens with zero attached hydrogens (tertiary/aromatic N) is 2. The maximum Gasteiger partial charge on any atom is 0.314 e. The van der Waals surface area contributed by atoms with Crippen molar-refractivity contribution in [1.29, 1.82) is 5.26 Å². The normalized spacial score (nSPS) is 10.9. The number of hydrogen-bond donors (Lipinski definition) is 1. The highest BCUT2D eigenvalue weighted by Gasteiger charge is 2.24. The van der Waals surface area contributed by atoms with Crippen LogP contribution in [0.3, 0.4) is 0 Å². The average Bonchev–Trinajstić information content (AvgIpc) is 2.31. The van der Waals surface area contributed by atoms with Crippen molar-refractivity contribution in [3.8, 4) is 11.9 Å². The van der Waals surface area contributed by atoms with E-state index in [2.05, 4.69) is 13.1 Å². The number of aryl methyl sites for hydroxylation is 1. The molecule has 0 bridgehead atoms. The summed E-state index contributed by atoms with van der Waals surface area (Å²) in [6.45, 7) is 2.06. The number of aromatic hydroxyl groups is 1. The summed E-state index contributed by atoms with van der Waals surface area (Å²) in [4.78, 5) is 0.560. The minimum absolute atomic E-state index is 0.00563. The molecule has 0 radical (unpaired) electrons. The van der Waals surface area contributed by atoms with Gasteiger partial charge < -0.3 is 5.11 Å². The zero-order chi connectivity index (χ0) is 13.1. The Labute approximate surface area is 108 Å². The summed E-state index contributed by atoms with van der Waals surface area (Å²) in [6.07, 6.45) is 3.91. The molecule has 1 rings (SSSR count). The Morgan fingerprint density at radius 1 is 1.47 bits per heavy atom. The van der Waals surface area contributed by atoms with E-state index in [4.69, 9.17) is 17.5 Å². The van der Waals surface area contributed by atoms with Crippen molar-refractivity contribution < 1.29 is 9.59 Å². The van der Waals surface area contributed by atoms with Gasteiger partial charge in [-0.3, -0.25) is 0 Å². The molecule has 0 heterocycles. The Bertz CT molecular complexity index is 475. The van der Waals surface area contributed by atoms with Crippen molar-refractivity contribution in [3.63, 3.8) is 0 Å². The number of nitriles is 1. The van der Waals surface area contributed by atoms with E-state index in [0.29, 0.717) is 10.7 Å². The topological polar surface area (TPSA) is 44.0 Å². The van der Waals surface area contributed by atoms with Crippen molar-refractivity contribution in [1.82, 2.24) is 0 Å². The minimum Gasteiger partial charge on any atom is -0.508 e. The first-order valence-electron chi connectivity index (χ1n) is 5.54. The van der Waals surface area contributed by atoms with Gasteiger partial charge in [-0.25, -0.2) is 0 Å². The van der Waals surface area contributed by atoms with Crippen LogP contribution in [0, 0.1) is 11.5 Å². The van der Waals surface area contributed by atoms with Crippen LogP contribution in [0.25, 0.3) is 0 Å². The zero-order valence-electron chi connectivity index (χ0n) is 10.4. The molecule has 0 aliphatic rings. The standard InChI is InChI=1S/C13H16N2OS/c1-4-5-10-8-11(6-7-12(10)16)13(17)15(2,3)9-14/h6-8H,4-5H2,1-3H3/p+1. The molecule has 3 nitrogen and oxygen atoms in total. The molecule has 1 aromatic rings. The first kappa shape index (κ1) is 13.6. The molecular formula is C13H17N2OS+. The Balaban J connectivity index is 3.13. The zero-order valence-corrected chi connectivity index (χ0v) is 11.2. The summed E-state index contributed by atoms with van der Waals surface area (Å²) < 4.78 is 0.00563. The fraction of sp³-hybridized carbons (Fsp3) is 0.385. The Morgan fingerprint density at radius 2 is 2.12 bits per heavy atom. The molecule has 4 heteroatoms. The number of thiocarbonyl (C=S) groups is 1. The quantitative estimate of drug-likeness (QED) is 0.509. The summed E-state index contributed by atoms with van der Waals surface area (Å²) in [5, 5.41) is 18.7. The van der Waals surface area contributed by atoms with Crippen LogP contribution in [-0.2, 0) is 6.42 Å². The summed E-state index contributed by atoms with van der Waals surface area (Å²) in [5.74, 6) is 0.292. The van der Waals surface area contributed by atoms with E-state index >= 15 is 0 Å². The summed E-state index contributed by atoms with van der Waals surface area (Å²) in [7, 11) is 3.49. The van der Waals surface area contributed by atoms with Gasteiger partial charge in [0.15, 0.2) is 0 Å². The Morgan fingerprint density at radius 3 is 2.65 bits per heavy atom. The van der Waals surface area contributed by atoms with Gasteiger partial charge in [-0.15, -0.1) is 5.26 Å². The predicted molar refractivity (Wildman–Crippen MR) is 71.5 cm³/mol. The fourth-order valence-electron chi connectivity index (χ4n) is 1.56. The van der Waals surface area contributed by atoms with Gasteiger partial charge in [-0.05, 0) is 42.4 Å². The predicted octanol–water partition coefficient (Wildman–Crippen LogP) is 2.58. The van der Waals surface area contributed by atoms with Gasteiger partial charge in [-0.2, -0.15) is 4.48 Å². The van der Waals surface area contributed by atoms with Crippen LogP contribution in [0.1, 0.15) is 24.5 Å². The lowest BCUT2D eigenvalue weighted by atomic mass is 10.0. The lowest BCUT2D eigenvalue weighted by Gasteiger charge is -2.19. The molecule has 17 heavy (non-hydrogen) atoms. The summed E-state index contributed by atoms with van der Waals surface area (Å²) in [5.41, 5.74) is 1.71. The Kier molecular flexibility index (Phi) is 4.22. The molecule has 0 amide bonds. The van der Waals surface area contributed by atoms with E-state index in [1.54, 1.807) is 26.2 Å². The first-order chi connectivity index (χ1) is 7.92.